The van der Waals surface area contributed by atoms with Crippen LogP contribution in [0.4, 0.5) is 5.69 Å². The highest BCUT2D eigenvalue weighted by Crippen LogP contribution is 2.37. The largest absolute Gasteiger partial charge is 0.494 e. The predicted molar refractivity (Wildman–Crippen MR) is 86.8 cm³/mol. The fraction of sp³-hybridized carbons (Fsp3) is 0.500. The van der Waals surface area contributed by atoms with Crippen molar-refractivity contribution in [3.63, 3.8) is 0 Å². The number of aliphatic imine (C=N–C) groups is 1. The first kappa shape index (κ1) is 15.2. The molecule has 22 heavy (non-hydrogen) atoms. The van der Waals surface area contributed by atoms with Crippen LogP contribution in [0.3, 0.4) is 0 Å². The molecular formula is C16H21BN2O3. The highest BCUT2D eigenvalue weighted by molar-refractivity contribution is 6.62. The van der Waals surface area contributed by atoms with E-state index in [0.29, 0.717) is 12.3 Å². The monoisotopic (exact) mass is 300 g/mol. The molecule has 1 amide bonds. The summed E-state index contributed by atoms with van der Waals surface area (Å²) < 4.78 is 12.1. The smallest absolute Gasteiger partial charge is 0.399 e. The molecule has 0 aromatic heterocycles. The van der Waals surface area contributed by atoms with Gasteiger partial charge in [0.2, 0.25) is 5.91 Å². The Morgan fingerprint density at radius 3 is 2.45 bits per heavy atom. The average molecular weight is 300 g/mol. The van der Waals surface area contributed by atoms with Gasteiger partial charge in [0.05, 0.1) is 16.9 Å². The van der Waals surface area contributed by atoms with Gasteiger partial charge in [-0.3, -0.25) is 4.79 Å². The second kappa shape index (κ2) is 4.93. The lowest BCUT2D eigenvalue weighted by molar-refractivity contribution is -0.117. The third-order valence-corrected chi connectivity index (χ3v) is 4.56. The van der Waals surface area contributed by atoms with Crippen molar-refractivity contribution in [1.29, 1.82) is 0 Å². The zero-order valence-corrected chi connectivity index (χ0v) is 13.7. The van der Waals surface area contributed by atoms with Crippen LogP contribution in [0.1, 0.15) is 40.2 Å². The molecule has 2 aliphatic rings. The van der Waals surface area contributed by atoms with Crippen molar-refractivity contribution in [3.8, 4) is 0 Å². The van der Waals surface area contributed by atoms with Crippen LogP contribution in [0, 0.1) is 0 Å². The SMILES string of the molecule is CC(=O)NC1=Nc2ccc(B3OC(C)(C)C(C)(C)O3)cc2C1. The molecule has 116 valence electrons. The van der Waals surface area contributed by atoms with Crippen LogP contribution in [-0.2, 0) is 20.5 Å². The molecular weight excluding hydrogens is 279 g/mol. The second-order valence-electron chi connectivity index (χ2n) is 6.89. The molecule has 0 radical (unpaired) electrons. The normalized spacial score (nSPS) is 21.5. The highest BCUT2D eigenvalue weighted by Gasteiger charge is 2.51. The molecule has 1 fully saturated rings. The van der Waals surface area contributed by atoms with Crippen molar-refractivity contribution in [2.75, 3.05) is 0 Å². The number of hydrogen-bond acceptors (Lipinski definition) is 4. The van der Waals surface area contributed by atoms with Crippen molar-refractivity contribution in [1.82, 2.24) is 5.32 Å². The molecule has 0 aliphatic carbocycles. The maximum absolute atomic E-state index is 11.1. The summed E-state index contributed by atoms with van der Waals surface area (Å²) in [5.74, 6) is 0.589. The first-order valence-electron chi connectivity index (χ1n) is 7.51. The number of nitrogens with one attached hydrogen (secondary N) is 1. The molecule has 3 rings (SSSR count). The van der Waals surface area contributed by atoms with Gasteiger partial charge in [-0.1, -0.05) is 12.1 Å². The Labute approximate surface area is 131 Å². The van der Waals surface area contributed by atoms with E-state index in [9.17, 15) is 4.79 Å². The van der Waals surface area contributed by atoms with Crippen LogP contribution >= 0.6 is 0 Å². The third-order valence-electron chi connectivity index (χ3n) is 4.56. The van der Waals surface area contributed by atoms with Gasteiger partial charge in [-0.05, 0) is 44.8 Å². The van der Waals surface area contributed by atoms with Gasteiger partial charge in [0.15, 0.2) is 0 Å². The molecule has 0 spiro atoms. The lowest BCUT2D eigenvalue weighted by Gasteiger charge is -2.32. The van der Waals surface area contributed by atoms with E-state index in [-0.39, 0.29) is 24.2 Å². The van der Waals surface area contributed by atoms with E-state index in [0.717, 1.165) is 16.7 Å². The number of amides is 1. The van der Waals surface area contributed by atoms with Gasteiger partial charge in [0.25, 0.3) is 0 Å². The predicted octanol–water partition coefficient (Wildman–Crippen LogP) is 1.71. The number of hydrogen-bond donors (Lipinski definition) is 1. The van der Waals surface area contributed by atoms with E-state index in [1.807, 2.05) is 39.8 Å². The van der Waals surface area contributed by atoms with Crippen LogP contribution in [0.5, 0.6) is 0 Å². The van der Waals surface area contributed by atoms with Gasteiger partial charge in [0, 0.05) is 13.3 Å². The number of carbonyl (C=O) groups excluding carboxylic acids is 1. The number of amidine groups is 1. The summed E-state index contributed by atoms with van der Waals surface area (Å²) in [5, 5.41) is 2.75. The van der Waals surface area contributed by atoms with Gasteiger partial charge < -0.3 is 14.6 Å². The molecule has 2 heterocycles. The molecule has 6 heteroatoms. The third kappa shape index (κ3) is 2.57. The maximum Gasteiger partial charge on any atom is 0.494 e. The average Bonchev–Trinajstić information content (AvgIpc) is 2.85. The Morgan fingerprint density at radius 2 is 1.86 bits per heavy atom. The number of benzene rings is 1. The first-order chi connectivity index (χ1) is 10.2. The summed E-state index contributed by atoms with van der Waals surface area (Å²) in [7, 11) is -0.375. The Hall–Kier alpha value is -1.66. The van der Waals surface area contributed by atoms with E-state index in [1.165, 1.54) is 6.92 Å². The second-order valence-corrected chi connectivity index (χ2v) is 6.89. The van der Waals surface area contributed by atoms with Crippen LogP contribution in [-0.4, -0.2) is 30.1 Å². The quantitative estimate of drug-likeness (QED) is 0.803. The van der Waals surface area contributed by atoms with E-state index >= 15 is 0 Å². The fourth-order valence-corrected chi connectivity index (χ4v) is 2.62. The van der Waals surface area contributed by atoms with Crippen molar-refractivity contribution in [2.45, 2.75) is 52.2 Å². The fourth-order valence-electron chi connectivity index (χ4n) is 2.62. The summed E-state index contributed by atoms with van der Waals surface area (Å²) in [6.45, 7) is 9.65. The van der Waals surface area contributed by atoms with E-state index in [1.54, 1.807) is 0 Å². The van der Waals surface area contributed by atoms with Crippen LogP contribution < -0.4 is 10.8 Å². The van der Waals surface area contributed by atoms with Gasteiger partial charge in [-0.15, -0.1) is 0 Å². The molecule has 0 saturated carbocycles. The lowest BCUT2D eigenvalue weighted by Crippen LogP contribution is -2.41. The molecule has 1 aromatic rings. The van der Waals surface area contributed by atoms with Crippen molar-refractivity contribution < 1.29 is 14.1 Å². The Balaban J connectivity index is 1.80. The topological polar surface area (TPSA) is 59.9 Å². The summed E-state index contributed by atoms with van der Waals surface area (Å²) in [4.78, 5) is 15.6. The highest BCUT2D eigenvalue weighted by atomic mass is 16.7. The van der Waals surface area contributed by atoms with E-state index in [4.69, 9.17) is 9.31 Å². The first-order valence-corrected chi connectivity index (χ1v) is 7.51. The summed E-state index contributed by atoms with van der Waals surface area (Å²) in [5.41, 5.74) is 2.25. The van der Waals surface area contributed by atoms with Crippen LogP contribution in [0.2, 0.25) is 0 Å². The molecule has 0 unspecified atom stereocenters. The standard InChI is InChI=1S/C16H21BN2O3/c1-10(20)18-14-9-11-8-12(6-7-13(11)19-14)17-21-15(2,3)16(4,5)22-17/h6-8H,9H2,1-5H3,(H,18,19,20). The maximum atomic E-state index is 11.1. The van der Waals surface area contributed by atoms with Crippen molar-refractivity contribution in [3.05, 3.63) is 23.8 Å². The zero-order valence-electron chi connectivity index (χ0n) is 13.7. The van der Waals surface area contributed by atoms with E-state index < -0.39 is 0 Å². The van der Waals surface area contributed by atoms with Crippen molar-refractivity contribution in [2.24, 2.45) is 4.99 Å². The molecule has 1 saturated heterocycles. The molecule has 1 N–H and O–H groups in total. The molecule has 2 aliphatic heterocycles. The van der Waals surface area contributed by atoms with Crippen molar-refractivity contribution >= 4 is 30.0 Å². The number of nitrogens with zero attached hydrogens (tertiary/aromatic N) is 1. The Bertz CT molecular complexity index is 651. The lowest BCUT2D eigenvalue weighted by atomic mass is 9.78. The number of fused-ring (bicyclic) bond motifs is 1. The minimum Gasteiger partial charge on any atom is -0.399 e. The molecule has 1 aromatic carbocycles. The van der Waals surface area contributed by atoms with Gasteiger partial charge >= 0.3 is 7.12 Å². The zero-order chi connectivity index (χ0) is 16.1. The Kier molecular flexibility index (Phi) is 3.42. The summed E-state index contributed by atoms with van der Waals surface area (Å²) >= 11 is 0. The minimum absolute atomic E-state index is 0.0993. The van der Waals surface area contributed by atoms with E-state index in [2.05, 4.69) is 16.4 Å². The minimum atomic E-state index is -0.375. The Morgan fingerprint density at radius 1 is 1.23 bits per heavy atom. The van der Waals surface area contributed by atoms with Gasteiger partial charge in [-0.25, -0.2) is 4.99 Å². The van der Waals surface area contributed by atoms with Gasteiger partial charge in [0.1, 0.15) is 5.84 Å². The molecule has 5 nitrogen and oxygen atoms in total. The van der Waals surface area contributed by atoms with Gasteiger partial charge in [-0.2, -0.15) is 0 Å². The molecule has 0 atom stereocenters. The van der Waals surface area contributed by atoms with Crippen LogP contribution in [0.25, 0.3) is 0 Å². The van der Waals surface area contributed by atoms with Crippen LogP contribution in [0.15, 0.2) is 23.2 Å². The summed E-state index contributed by atoms with van der Waals surface area (Å²) in [6.07, 6.45) is 0.627. The number of carbonyl (C=O) groups is 1. The number of rotatable bonds is 1. The summed E-state index contributed by atoms with van der Waals surface area (Å²) in [6, 6.07) is 5.97. The molecule has 0 bridgehead atoms.